The maximum Gasteiger partial charge on any atom is 0.324 e. The summed E-state index contributed by atoms with van der Waals surface area (Å²) in [5.41, 5.74) is 1.56. The van der Waals surface area contributed by atoms with Gasteiger partial charge in [-0.2, -0.15) is 0 Å². The molecule has 1 aliphatic heterocycles. The van der Waals surface area contributed by atoms with Gasteiger partial charge in [0.05, 0.1) is 0 Å². The van der Waals surface area contributed by atoms with E-state index in [1.165, 1.54) is 5.56 Å². The van der Waals surface area contributed by atoms with Crippen molar-refractivity contribution in [3.8, 4) is 0 Å². The Hall–Kier alpha value is -1.39. The van der Waals surface area contributed by atoms with Crippen LogP contribution in [0.15, 0.2) is 24.3 Å². The van der Waals surface area contributed by atoms with Crippen LogP contribution >= 0.6 is 0 Å². The highest BCUT2D eigenvalue weighted by Crippen LogP contribution is 2.23. The van der Waals surface area contributed by atoms with E-state index in [1.54, 1.807) is 0 Å². The van der Waals surface area contributed by atoms with Crippen LogP contribution in [0.1, 0.15) is 25.0 Å². The molecular formula is C17H26N2O2. The number of nitrogens with zero attached hydrogens (tertiary/aromatic N) is 2. The van der Waals surface area contributed by atoms with Crippen molar-refractivity contribution in [1.82, 2.24) is 9.80 Å². The molecule has 1 unspecified atom stereocenters. The van der Waals surface area contributed by atoms with Crippen LogP contribution < -0.4 is 0 Å². The summed E-state index contributed by atoms with van der Waals surface area (Å²) in [6.07, 6.45) is 1.56. The Morgan fingerprint density at radius 3 is 2.14 bits per heavy atom. The highest BCUT2D eigenvalue weighted by Gasteiger charge is 2.40. The van der Waals surface area contributed by atoms with E-state index >= 15 is 0 Å². The number of hydrogen-bond donors (Lipinski definition) is 1. The fraction of sp³-hybridized carbons (Fsp3) is 0.588. The molecule has 1 aliphatic rings. The van der Waals surface area contributed by atoms with Crippen LogP contribution in [-0.2, 0) is 17.6 Å². The lowest BCUT2D eigenvalue weighted by atomic mass is 9.89. The molecule has 0 saturated carbocycles. The molecule has 0 radical (unpaired) electrons. The number of carboxylic acids is 1. The second-order valence-electron chi connectivity index (χ2n) is 6.22. The van der Waals surface area contributed by atoms with Gasteiger partial charge in [0.25, 0.3) is 0 Å². The van der Waals surface area contributed by atoms with E-state index < -0.39 is 11.5 Å². The molecule has 21 heavy (non-hydrogen) atoms. The van der Waals surface area contributed by atoms with E-state index in [2.05, 4.69) is 48.0 Å². The summed E-state index contributed by atoms with van der Waals surface area (Å²) in [6.45, 7) is 7.46. The van der Waals surface area contributed by atoms with Crippen LogP contribution in [0, 0.1) is 0 Å². The van der Waals surface area contributed by atoms with Gasteiger partial charge in [0.15, 0.2) is 0 Å². The van der Waals surface area contributed by atoms with E-state index in [0.29, 0.717) is 6.42 Å². The molecule has 0 spiro atoms. The minimum atomic E-state index is -0.824. The second-order valence-corrected chi connectivity index (χ2v) is 6.22. The first-order valence-electron chi connectivity index (χ1n) is 7.70. The molecule has 0 amide bonds. The minimum Gasteiger partial charge on any atom is -0.480 e. The topological polar surface area (TPSA) is 43.8 Å². The zero-order valence-electron chi connectivity index (χ0n) is 13.3. The number of benzene rings is 1. The molecule has 116 valence electrons. The predicted octanol–water partition coefficient (Wildman–Crippen LogP) is 1.88. The van der Waals surface area contributed by atoms with E-state index in [0.717, 1.165) is 38.2 Å². The van der Waals surface area contributed by atoms with Gasteiger partial charge in [-0.1, -0.05) is 31.2 Å². The van der Waals surface area contributed by atoms with Gasteiger partial charge in [-0.25, -0.2) is 0 Å². The van der Waals surface area contributed by atoms with E-state index in [-0.39, 0.29) is 0 Å². The van der Waals surface area contributed by atoms with Gasteiger partial charge in [0, 0.05) is 32.6 Å². The standard InChI is InChI=1S/C17H26N2O2/c1-4-14-5-7-15(8-6-14)13-17(2,16(20)21)19-11-9-18(3)10-12-19/h5-8H,4,9-13H2,1-3H3,(H,20,21). The molecule has 2 rings (SSSR count). The lowest BCUT2D eigenvalue weighted by molar-refractivity contribution is -0.151. The van der Waals surface area contributed by atoms with Crippen molar-refractivity contribution < 1.29 is 9.90 Å². The van der Waals surface area contributed by atoms with Crippen molar-refractivity contribution in [3.05, 3.63) is 35.4 Å². The molecule has 1 saturated heterocycles. The fourth-order valence-corrected chi connectivity index (χ4v) is 2.91. The summed E-state index contributed by atoms with van der Waals surface area (Å²) >= 11 is 0. The number of aryl methyl sites for hydroxylation is 1. The van der Waals surface area contributed by atoms with Crippen LogP contribution in [-0.4, -0.2) is 59.6 Å². The summed E-state index contributed by atoms with van der Waals surface area (Å²) in [6, 6.07) is 8.33. The SMILES string of the molecule is CCc1ccc(CC(C)(C(=O)O)N2CCN(C)CC2)cc1. The van der Waals surface area contributed by atoms with Crippen LogP contribution in [0.25, 0.3) is 0 Å². The Labute approximate surface area is 127 Å². The molecule has 0 bridgehead atoms. The van der Waals surface area contributed by atoms with Gasteiger partial charge in [0.2, 0.25) is 0 Å². The summed E-state index contributed by atoms with van der Waals surface area (Å²) in [4.78, 5) is 16.2. The average molecular weight is 290 g/mol. The van der Waals surface area contributed by atoms with Crippen molar-refractivity contribution in [3.63, 3.8) is 0 Å². The lowest BCUT2D eigenvalue weighted by Gasteiger charge is -2.42. The maximum atomic E-state index is 11.9. The van der Waals surface area contributed by atoms with Crippen LogP contribution in [0.4, 0.5) is 0 Å². The van der Waals surface area contributed by atoms with Crippen LogP contribution in [0.5, 0.6) is 0 Å². The molecular weight excluding hydrogens is 264 g/mol. The number of hydrogen-bond acceptors (Lipinski definition) is 3. The Morgan fingerprint density at radius 1 is 1.14 bits per heavy atom. The highest BCUT2D eigenvalue weighted by molar-refractivity contribution is 5.78. The number of likely N-dealkylation sites (N-methyl/N-ethyl adjacent to an activating group) is 1. The second kappa shape index (κ2) is 6.58. The molecule has 1 atom stereocenters. The fourth-order valence-electron chi connectivity index (χ4n) is 2.91. The molecule has 1 aromatic rings. The van der Waals surface area contributed by atoms with E-state index in [4.69, 9.17) is 0 Å². The third-order valence-corrected chi connectivity index (χ3v) is 4.64. The highest BCUT2D eigenvalue weighted by atomic mass is 16.4. The van der Waals surface area contributed by atoms with Gasteiger partial charge >= 0.3 is 5.97 Å². The Kier molecular flexibility index (Phi) is 5.01. The Bertz CT molecular complexity index is 478. The monoisotopic (exact) mass is 290 g/mol. The van der Waals surface area contributed by atoms with Gasteiger partial charge in [0.1, 0.15) is 5.54 Å². The third kappa shape index (κ3) is 3.63. The number of aliphatic carboxylic acids is 1. The van der Waals surface area contributed by atoms with Gasteiger partial charge in [-0.05, 0) is 31.5 Å². The number of carbonyl (C=O) groups is 1. The molecule has 1 N–H and O–H groups in total. The smallest absolute Gasteiger partial charge is 0.324 e. The first-order valence-corrected chi connectivity index (χ1v) is 7.70. The third-order valence-electron chi connectivity index (χ3n) is 4.64. The normalized spacial score (nSPS) is 20.1. The van der Waals surface area contributed by atoms with Crippen LogP contribution in [0.3, 0.4) is 0 Å². The molecule has 1 heterocycles. The zero-order chi connectivity index (χ0) is 15.5. The number of carboxylic acid groups (broad SMARTS) is 1. The Balaban J connectivity index is 2.15. The molecule has 0 aliphatic carbocycles. The van der Waals surface area contributed by atoms with Crippen molar-refractivity contribution in [2.45, 2.75) is 32.2 Å². The van der Waals surface area contributed by atoms with Crippen LogP contribution in [0.2, 0.25) is 0 Å². The first-order chi connectivity index (χ1) is 9.95. The quantitative estimate of drug-likeness (QED) is 0.899. The number of rotatable bonds is 5. The summed E-state index contributed by atoms with van der Waals surface area (Å²) in [5, 5.41) is 9.76. The van der Waals surface area contributed by atoms with Crippen molar-refractivity contribution in [2.24, 2.45) is 0 Å². The first kappa shape index (κ1) is 16.0. The number of piperazine rings is 1. The zero-order valence-corrected chi connectivity index (χ0v) is 13.3. The van der Waals surface area contributed by atoms with Crippen molar-refractivity contribution in [2.75, 3.05) is 33.2 Å². The van der Waals surface area contributed by atoms with Crippen molar-refractivity contribution >= 4 is 5.97 Å². The predicted molar refractivity (Wildman–Crippen MR) is 84.6 cm³/mol. The maximum absolute atomic E-state index is 11.9. The molecule has 4 heteroatoms. The summed E-state index contributed by atoms with van der Waals surface area (Å²) in [5.74, 6) is -0.730. The lowest BCUT2D eigenvalue weighted by Crippen LogP contribution is -2.59. The Morgan fingerprint density at radius 2 is 1.67 bits per heavy atom. The molecule has 1 fully saturated rings. The van der Waals surface area contributed by atoms with E-state index in [1.807, 2.05) is 6.92 Å². The van der Waals surface area contributed by atoms with Gasteiger partial charge < -0.3 is 10.0 Å². The van der Waals surface area contributed by atoms with Gasteiger partial charge in [-0.15, -0.1) is 0 Å². The molecule has 0 aromatic heterocycles. The van der Waals surface area contributed by atoms with Gasteiger partial charge in [-0.3, -0.25) is 9.69 Å². The van der Waals surface area contributed by atoms with E-state index in [9.17, 15) is 9.90 Å². The molecule has 1 aromatic carbocycles. The van der Waals surface area contributed by atoms with Crippen molar-refractivity contribution in [1.29, 1.82) is 0 Å². The largest absolute Gasteiger partial charge is 0.480 e. The average Bonchev–Trinajstić information content (AvgIpc) is 2.48. The molecule has 4 nitrogen and oxygen atoms in total. The summed E-state index contributed by atoms with van der Waals surface area (Å²) in [7, 11) is 2.08. The summed E-state index contributed by atoms with van der Waals surface area (Å²) < 4.78 is 0. The minimum absolute atomic E-state index is 0.552.